The monoisotopic (exact) mass is 215 g/mol. The molecule has 4 rings (SSSR count). The Bertz CT molecular complexity index is 214. The van der Waals surface area contributed by atoms with Gasteiger partial charge >= 0.3 is 0 Å². The van der Waals surface area contributed by atoms with Crippen LogP contribution in [0.2, 0.25) is 0 Å². The van der Waals surface area contributed by atoms with Crippen molar-refractivity contribution in [3.63, 3.8) is 0 Å². The summed E-state index contributed by atoms with van der Waals surface area (Å²) < 4.78 is 0. The molecule has 2 N–H and O–H groups in total. The van der Waals surface area contributed by atoms with E-state index in [9.17, 15) is 0 Å². The van der Waals surface area contributed by atoms with E-state index >= 15 is 0 Å². The largest absolute Gasteiger partial charge is 0.327 e. The molecule has 82 valence electrons. The van der Waals surface area contributed by atoms with Gasteiger partial charge in [-0.05, 0) is 61.7 Å². The predicted octanol–water partition coefficient (Wildman–Crippen LogP) is 2.97. The van der Waals surface area contributed by atoms with Crippen LogP contribution in [-0.2, 0) is 0 Å². The van der Waals surface area contributed by atoms with Crippen LogP contribution in [0.15, 0.2) is 0 Å². The van der Waals surface area contributed by atoms with E-state index in [0.717, 1.165) is 17.8 Å². The Morgan fingerprint density at radius 1 is 1.14 bits per heavy atom. The molecule has 1 nitrogen and oxygen atoms in total. The van der Waals surface area contributed by atoms with Gasteiger partial charge in [0.1, 0.15) is 0 Å². The molecular weight excluding hydrogens is 194 g/mol. The molecule has 0 saturated heterocycles. The molecule has 4 aliphatic carbocycles. The number of halogens is 1. The van der Waals surface area contributed by atoms with Crippen molar-refractivity contribution in [3.05, 3.63) is 0 Å². The van der Waals surface area contributed by atoms with Crippen molar-refractivity contribution in [2.75, 3.05) is 0 Å². The highest BCUT2D eigenvalue weighted by atomic mass is 35.5. The quantitative estimate of drug-likeness (QED) is 0.715. The van der Waals surface area contributed by atoms with Crippen molar-refractivity contribution >= 4 is 12.4 Å². The van der Waals surface area contributed by atoms with Gasteiger partial charge in [-0.15, -0.1) is 12.4 Å². The number of hydrogen-bond donors (Lipinski definition) is 1. The Morgan fingerprint density at radius 3 is 2.21 bits per heavy atom. The van der Waals surface area contributed by atoms with Gasteiger partial charge in [-0.25, -0.2) is 0 Å². The normalized spacial score (nSPS) is 54.4. The van der Waals surface area contributed by atoms with Crippen molar-refractivity contribution in [2.45, 2.75) is 51.5 Å². The highest BCUT2D eigenvalue weighted by Gasteiger charge is 2.54. The maximum absolute atomic E-state index is 6.41. The lowest BCUT2D eigenvalue weighted by atomic mass is 9.47. The van der Waals surface area contributed by atoms with Crippen LogP contribution in [0.4, 0.5) is 0 Å². The molecule has 0 aromatic rings. The first kappa shape index (κ1) is 10.8. The lowest BCUT2D eigenvalue weighted by Gasteiger charge is -2.60. The fraction of sp³-hybridized carbons (Fsp3) is 1.00. The van der Waals surface area contributed by atoms with Crippen molar-refractivity contribution in [1.82, 2.24) is 0 Å². The van der Waals surface area contributed by atoms with E-state index in [0.29, 0.717) is 11.5 Å². The predicted molar refractivity (Wildman–Crippen MR) is 61.5 cm³/mol. The second kappa shape index (κ2) is 3.38. The van der Waals surface area contributed by atoms with Gasteiger partial charge in [-0.3, -0.25) is 0 Å². The first-order valence-electron chi connectivity index (χ1n) is 5.99. The number of nitrogens with two attached hydrogens (primary N) is 1. The zero-order chi connectivity index (χ0) is 9.05. The van der Waals surface area contributed by atoms with Gasteiger partial charge in [0.25, 0.3) is 0 Å². The number of hydrogen-bond acceptors (Lipinski definition) is 1. The minimum absolute atomic E-state index is 0. The molecule has 14 heavy (non-hydrogen) atoms. The minimum Gasteiger partial charge on any atom is -0.327 e. The number of rotatable bonds is 1. The second-order valence-corrected chi connectivity index (χ2v) is 5.85. The summed E-state index contributed by atoms with van der Waals surface area (Å²) in [5.41, 5.74) is 6.99. The summed E-state index contributed by atoms with van der Waals surface area (Å²) in [5.74, 6) is 3.00. The van der Waals surface area contributed by atoms with Gasteiger partial charge in [-0.2, -0.15) is 0 Å². The lowest BCUT2D eigenvalue weighted by Crippen LogP contribution is -2.59. The molecule has 0 radical (unpaired) electrons. The molecule has 4 fully saturated rings. The van der Waals surface area contributed by atoms with E-state index in [1.807, 2.05) is 0 Å². The smallest absolute Gasteiger partial charge is 0.0124 e. The maximum atomic E-state index is 6.41. The summed E-state index contributed by atoms with van der Waals surface area (Å²) >= 11 is 0. The molecule has 0 aliphatic heterocycles. The third-order valence-corrected chi connectivity index (χ3v) is 5.25. The van der Waals surface area contributed by atoms with E-state index < -0.39 is 0 Å². The van der Waals surface area contributed by atoms with Crippen molar-refractivity contribution in [2.24, 2.45) is 28.9 Å². The summed E-state index contributed by atoms with van der Waals surface area (Å²) in [6.07, 6.45) is 8.69. The molecule has 0 amide bonds. The topological polar surface area (TPSA) is 26.0 Å². The summed E-state index contributed by atoms with van der Waals surface area (Å²) in [4.78, 5) is 0. The van der Waals surface area contributed by atoms with Gasteiger partial charge < -0.3 is 5.73 Å². The second-order valence-electron chi connectivity index (χ2n) is 5.85. The first-order chi connectivity index (χ1) is 6.23. The zero-order valence-corrected chi connectivity index (χ0v) is 9.85. The Balaban J connectivity index is 0.000000750. The summed E-state index contributed by atoms with van der Waals surface area (Å²) in [5, 5.41) is 0. The fourth-order valence-electron chi connectivity index (χ4n) is 4.77. The average Bonchev–Trinajstić information content (AvgIpc) is 2.12. The lowest BCUT2D eigenvalue weighted by molar-refractivity contribution is -0.0737. The standard InChI is InChI=1S/C12H21N.ClH/c1-2-12-6-8-3-9(7-12)5-10(4-8)11(12)13;/h8-11H,2-7,13H2,1H3;1H. The molecule has 3 atom stereocenters. The van der Waals surface area contributed by atoms with Gasteiger partial charge in [0.2, 0.25) is 0 Å². The van der Waals surface area contributed by atoms with Gasteiger partial charge in [-0.1, -0.05) is 6.92 Å². The third kappa shape index (κ3) is 1.25. The van der Waals surface area contributed by atoms with Crippen molar-refractivity contribution in [3.8, 4) is 0 Å². The van der Waals surface area contributed by atoms with E-state index in [-0.39, 0.29) is 12.4 Å². The van der Waals surface area contributed by atoms with Crippen LogP contribution >= 0.6 is 12.4 Å². The molecule has 4 bridgehead atoms. The van der Waals surface area contributed by atoms with Gasteiger partial charge in [0.15, 0.2) is 0 Å². The zero-order valence-electron chi connectivity index (χ0n) is 9.04. The Kier molecular flexibility index (Phi) is 2.60. The summed E-state index contributed by atoms with van der Waals surface area (Å²) in [7, 11) is 0. The molecule has 0 aromatic heterocycles. The van der Waals surface area contributed by atoms with Crippen molar-refractivity contribution < 1.29 is 0 Å². The molecule has 0 heterocycles. The van der Waals surface area contributed by atoms with Crippen LogP contribution < -0.4 is 5.73 Å². The highest BCUT2D eigenvalue weighted by Crippen LogP contribution is 2.60. The molecule has 0 aromatic carbocycles. The Hall–Kier alpha value is 0.250. The van der Waals surface area contributed by atoms with Crippen LogP contribution in [0.1, 0.15) is 45.4 Å². The molecular formula is C12H22ClN. The van der Waals surface area contributed by atoms with Gasteiger partial charge in [0, 0.05) is 6.04 Å². The molecule has 0 spiro atoms. The van der Waals surface area contributed by atoms with Crippen LogP contribution in [0.25, 0.3) is 0 Å². The third-order valence-electron chi connectivity index (χ3n) is 5.25. The Labute approximate surface area is 93.2 Å². The van der Waals surface area contributed by atoms with Crippen molar-refractivity contribution in [1.29, 1.82) is 0 Å². The Morgan fingerprint density at radius 2 is 1.71 bits per heavy atom. The van der Waals surface area contributed by atoms with Crippen LogP contribution in [0.5, 0.6) is 0 Å². The fourth-order valence-corrected chi connectivity index (χ4v) is 4.77. The summed E-state index contributed by atoms with van der Waals surface area (Å²) in [6, 6.07) is 0.547. The maximum Gasteiger partial charge on any atom is 0.0124 e. The van der Waals surface area contributed by atoms with Crippen LogP contribution in [-0.4, -0.2) is 6.04 Å². The molecule has 3 unspecified atom stereocenters. The summed E-state index contributed by atoms with van der Waals surface area (Å²) in [6.45, 7) is 2.35. The SMILES string of the molecule is CCC12CC3CC(CC(C3)C1N)C2.Cl. The van der Waals surface area contributed by atoms with Gasteiger partial charge in [0.05, 0.1) is 0 Å². The van der Waals surface area contributed by atoms with E-state index in [1.165, 1.54) is 38.5 Å². The molecule has 2 heteroatoms. The van der Waals surface area contributed by atoms with E-state index in [2.05, 4.69) is 6.92 Å². The van der Waals surface area contributed by atoms with E-state index in [1.54, 1.807) is 0 Å². The first-order valence-corrected chi connectivity index (χ1v) is 5.99. The van der Waals surface area contributed by atoms with Crippen LogP contribution in [0, 0.1) is 23.2 Å². The molecule has 4 saturated carbocycles. The highest BCUT2D eigenvalue weighted by molar-refractivity contribution is 5.85. The minimum atomic E-state index is 0. The van der Waals surface area contributed by atoms with Crippen LogP contribution in [0.3, 0.4) is 0 Å². The van der Waals surface area contributed by atoms with E-state index in [4.69, 9.17) is 5.73 Å². The average molecular weight is 216 g/mol. The molecule has 4 aliphatic rings.